The van der Waals surface area contributed by atoms with E-state index in [1.165, 1.54) is 19.3 Å². The van der Waals surface area contributed by atoms with Gasteiger partial charge in [0.2, 0.25) is 0 Å². The van der Waals surface area contributed by atoms with Crippen LogP contribution in [0, 0.1) is 5.82 Å². The molecule has 0 bridgehead atoms. The summed E-state index contributed by atoms with van der Waals surface area (Å²) in [4.78, 5) is 0. The Balaban J connectivity index is 2.54. The summed E-state index contributed by atoms with van der Waals surface area (Å²) in [5.74, 6) is -0.0598. The first-order valence-electron chi connectivity index (χ1n) is 6.93. The van der Waals surface area contributed by atoms with Gasteiger partial charge in [0.15, 0.2) is 11.6 Å². The molecule has 0 aromatic heterocycles. The van der Waals surface area contributed by atoms with Crippen molar-refractivity contribution < 1.29 is 9.13 Å². The average molecular weight is 332 g/mol. The zero-order valence-electron chi connectivity index (χ0n) is 11.7. The van der Waals surface area contributed by atoms with Crippen molar-refractivity contribution in [2.75, 3.05) is 0 Å². The minimum absolute atomic E-state index is 0.0296. The van der Waals surface area contributed by atoms with Crippen LogP contribution in [-0.2, 0) is 6.54 Å². The SMILES string of the molecule is CCCCCCC(C)Oc1ccc(CN)c(Br)c1F. The quantitative estimate of drug-likeness (QED) is 0.695. The summed E-state index contributed by atoms with van der Waals surface area (Å²) >= 11 is 3.22. The molecule has 0 spiro atoms. The second kappa shape index (κ2) is 8.54. The fraction of sp³-hybridized carbons (Fsp3) is 0.600. The van der Waals surface area contributed by atoms with Crippen LogP contribution in [0.2, 0.25) is 0 Å². The van der Waals surface area contributed by atoms with Crippen molar-refractivity contribution in [1.82, 2.24) is 0 Å². The van der Waals surface area contributed by atoms with Crippen molar-refractivity contribution in [2.45, 2.75) is 58.6 Å². The van der Waals surface area contributed by atoms with Crippen LogP contribution >= 0.6 is 15.9 Å². The smallest absolute Gasteiger partial charge is 0.179 e. The number of hydrogen-bond donors (Lipinski definition) is 1. The molecule has 1 rings (SSSR count). The molecule has 108 valence electrons. The highest BCUT2D eigenvalue weighted by Gasteiger charge is 2.13. The highest BCUT2D eigenvalue weighted by molar-refractivity contribution is 9.10. The molecule has 0 aliphatic carbocycles. The molecule has 2 N–H and O–H groups in total. The van der Waals surface area contributed by atoms with Crippen molar-refractivity contribution >= 4 is 15.9 Å². The molecule has 1 unspecified atom stereocenters. The molecule has 1 atom stereocenters. The van der Waals surface area contributed by atoms with Gasteiger partial charge in [-0.25, -0.2) is 4.39 Å². The summed E-state index contributed by atoms with van der Waals surface area (Å²) in [6.07, 6.45) is 5.79. The molecule has 19 heavy (non-hydrogen) atoms. The summed E-state index contributed by atoms with van der Waals surface area (Å²) in [7, 11) is 0. The number of benzene rings is 1. The van der Waals surface area contributed by atoms with E-state index in [9.17, 15) is 4.39 Å². The molecule has 1 aromatic carbocycles. The first-order valence-corrected chi connectivity index (χ1v) is 7.73. The number of rotatable bonds is 8. The molecule has 0 fully saturated rings. The number of nitrogens with two attached hydrogens (primary N) is 1. The van der Waals surface area contributed by atoms with Gasteiger partial charge in [-0.2, -0.15) is 0 Å². The Hall–Kier alpha value is -0.610. The van der Waals surface area contributed by atoms with Crippen molar-refractivity contribution in [3.8, 4) is 5.75 Å². The molecule has 0 radical (unpaired) electrons. The summed E-state index contributed by atoms with van der Waals surface area (Å²) in [6.45, 7) is 4.48. The van der Waals surface area contributed by atoms with Crippen LogP contribution in [-0.4, -0.2) is 6.10 Å². The minimum atomic E-state index is -0.358. The lowest BCUT2D eigenvalue weighted by Crippen LogP contribution is -2.13. The lowest BCUT2D eigenvalue weighted by Gasteiger charge is -2.16. The highest BCUT2D eigenvalue weighted by atomic mass is 79.9. The first-order chi connectivity index (χ1) is 9.10. The maximum Gasteiger partial charge on any atom is 0.179 e. The first kappa shape index (κ1) is 16.4. The zero-order valence-corrected chi connectivity index (χ0v) is 13.3. The Morgan fingerprint density at radius 3 is 2.68 bits per heavy atom. The predicted octanol–water partition coefficient (Wildman–Crippen LogP) is 4.78. The number of hydrogen-bond acceptors (Lipinski definition) is 2. The number of ether oxygens (including phenoxy) is 1. The summed E-state index contributed by atoms with van der Waals surface area (Å²) in [5, 5.41) is 0. The Bertz CT molecular complexity index is 398. The van der Waals surface area contributed by atoms with Gasteiger partial charge in [-0.3, -0.25) is 0 Å². The van der Waals surface area contributed by atoms with Crippen LogP contribution in [0.4, 0.5) is 4.39 Å². The van der Waals surface area contributed by atoms with Gasteiger partial charge in [0.25, 0.3) is 0 Å². The van der Waals surface area contributed by atoms with E-state index in [0.717, 1.165) is 18.4 Å². The van der Waals surface area contributed by atoms with Gasteiger partial charge in [0.1, 0.15) is 0 Å². The normalized spacial score (nSPS) is 12.5. The molecule has 0 aliphatic rings. The van der Waals surface area contributed by atoms with Crippen LogP contribution in [0.15, 0.2) is 16.6 Å². The van der Waals surface area contributed by atoms with Crippen LogP contribution in [0.3, 0.4) is 0 Å². The van der Waals surface area contributed by atoms with Crippen molar-refractivity contribution in [3.63, 3.8) is 0 Å². The van der Waals surface area contributed by atoms with Crippen LogP contribution < -0.4 is 10.5 Å². The van der Waals surface area contributed by atoms with E-state index in [-0.39, 0.29) is 11.9 Å². The lowest BCUT2D eigenvalue weighted by atomic mass is 10.1. The third kappa shape index (κ3) is 5.11. The van der Waals surface area contributed by atoms with Gasteiger partial charge in [-0.15, -0.1) is 0 Å². The van der Waals surface area contributed by atoms with E-state index in [0.29, 0.717) is 16.8 Å². The van der Waals surface area contributed by atoms with E-state index in [1.54, 1.807) is 12.1 Å². The van der Waals surface area contributed by atoms with Crippen LogP contribution in [0.5, 0.6) is 5.75 Å². The fourth-order valence-electron chi connectivity index (χ4n) is 1.95. The Labute approximate surface area is 123 Å². The van der Waals surface area contributed by atoms with Gasteiger partial charge in [0.05, 0.1) is 10.6 Å². The van der Waals surface area contributed by atoms with E-state index >= 15 is 0 Å². The number of halogens is 2. The van der Waals surface area contributed by atoms with Crippen LogP contribution in [0.1, 0.15) is 51.5 Å². The Kier molecular flexibility index (Phi) is 7.39. The average Bonchev–Trinajstić information content (AvgIpc) is 2.40. The predicted molar refractivity (Wildman–Crippen MR) is 80.8 cm³/mol. The fourth-order valence-corrected chi connectivity index (χ4v) is 2.44. The largest absolute Gasteiger partial charge is 0.488 e. The van der Waals surface area contributed by atoms with Gasteiger partial charge >= 0.3 is 0 Å². The molecule has 0 amide bonds. The van der Waals surface area contributed by atoms with E-state index in [4.69, 9.17) is 10.5 Å². The highest BCUT2D eigenvalue weighted by Crippen LogP contribution is 2.29. The topological polar surface area (TPSA) is 35.2 Å². The maximum atomic E-state index is 14.0. The Morgan fingerprint density at radius 1 is 1.32 bits per heavy atom. The van der Waals surface area contributed by atoms with Crippen molar-refractivity contribution in [1.29, 1.82) is 0 Å². The lowest BCUT2D eigenvalue weighted by molar-refractivity contribution is 0.197. The van der Waals surface area contributed by atoms with Crippen molar-refractivity contribution in [2.24, 2.45) is 5.73 Å². The summed E-state index contributed by atoms with van der Waals surface area (Å²) in [5.41, 5.74) is 6.28. The monoisotopic (exact) mass is 331 g/mol. The molecule has 4 heteroatoms. The second-order valence-electron chi connectivity index (χ2n) is 4.83. The summed E-state index contributed by atoms with van der Waals surface area (Å²) in [6, 6.07) is 3.46. The van der Waals surface area contributed by atoms with E-state index < -0.39 is 0 Å². The van der Waals surface area contributed by atoms with E-state index in [1.807, 2.05) is 6.92 Å². The molecule has 1 aromatic rings. The molecular formula is C15H23BrFNO. The molecule has 0 aliphatic heterocycles. The summed E-state index contributed by atoms with van der Waals surface area (Å²) < 4.78 is 20.1. The van der Waals surface area contributed by atoms with Gasteiger partial charge < -0.3 is 10.5 Å². The minimum Gasteiger partial charge on any atom is -0.488 e. The van der Waals surface area contributed by atoms with Gasteiger partial charge in [0, 0.05) is 6.54 Å². The number of unbranched alkanes of at least 4 members (excludes halogenated alkanes) is 3. The van der Waals surface area contributed by atoms with E-state index in [2.05, 4.69) is 22.9 Å². The molecule has 0 saturated heterocycles. The molecule has 0 heterocycles. The Morgan fingerprint density at radius 2 is 2.05 bits per heavy atom. The zero-order chi connectivity index (χ0) is 14.3. The third-order valence-electron chi connectivity index (χ3n) is 3.14. The van der Waals surface area contributed by atoms with Crippen LogP contribution in [0.25, 0.3) is 0 Å². The maximum absolute atomic E-state index is 14.0. The van der Waals surface area contributed by atoms with Gasteiger partial charge in [-0.05, 0) is 47.3 Å². The third-order valence-corrected chi connectivity index (χ3v) is 4.00. The molecular weight excluding hydrogens is 309 g/mol. The molecule has 2 nitrogen and oxygen atoms in total. The second-order valence-corrected chi connectivity index (χ2v) is 5.63. The van der Waals surface area contributed by atoms with Crippen molar-refractivity contribution in [3.05, 3.63) is 28.0 Å². The standard InChI is InChI=1S/C15H23BrFNO/c1-3-4-5-6-7-11(2)19-13-9-8-12(10-18)14(16)15(13)17/h8-9,11H,3-7,10,18H2,1-2H3. The molecule has 0 saturated carbocycles. The van der Waals surface area contributed by atoms with Gasteiger partial charge in [-0.1, -0.05) is 32.3 Å².